The number of nitrogens with zero attached hydrogens (tertiary/aromatic N) is 2. The quantitative estimate of drug-likeness (QED) is 0.782. The molecule has 1 saturated carbocycles. The van der Waals surface area contributed by atoms with Crippen LogP contribution >= 0.6 is 0 Å². The van der Waals surface area contributed by atoms with E-state index in [9.17, 15) is 9.59 Å². The number of nitrogens with two attached hydrogens (primary N) is 1. The summed E-state index contributed by atoms with van der Waals surface area (Å²) in [6, 6.07) is 0. The Bertz CT molecular complexity index is 458. The Morgan fingerprint density at radius 1 is 1.19 bits per heavy atom. The molecule has 0 bridgehead atoms. The van der Waals surface area contributed by atoms with E-state index in [1.165, 1.54) is 5.57 Å². The molecule has 1 heterocycles. The molecule has 21 heavy (non-hydrogen) atoms. The molecule has 2 fully saturated rings. The minimum atomic E-state index is -0.304. The highest BCUT2D eigenvalue weighted by molar-refractivity contribution is 5.84. The lowest BCUT2D eigenvalue weighted by molar-refractivity contribution is -0.135. The average Bonchev–Trinajstić information content (AvgIpc) is 2.89. The maximum atomic E-state index is 12.7. The number of carbonyl (C=O) groups is 2. The van der Waals surface area contributed by atoms with Gasteiger partial charge in [-0.15, -0.1) is 0 Å². The second-order valence-electron chi connectivity index (χ2n) is 7.14. The van der Waals surface area contributed by atoms with Crippen molar-refractivity contribution < 1.29 is 9.59 Å². The van der Waals surface area contributed by atoms with Crippen LogP contribution in [0.4, 0.5) is 0 Å². The van der Waals surface area contributed by atoms with Gasteiger partial charge in [0, 0.05) is 26.2 Å². The molecule has 1 saturated heterocycles. The van der Waals surface area contributed by atoms with Crippen LogP contribution in [-0.2, 0) is 9.59 Å². The van der Waals surface area contributed by atoms with Crippen LogP contribution in [0.2, 0.25) is 0 Å². The van der Waals surface area contributed by atoms with E-state index in [0.717, 1.165) is 13.1 Å². The Morgan fingerprint density at radius 3 is 2.24 bits per heavy atom. The van der Waals surface area contributed by atoms with Gasteiger partial charge in [0.1, 0.15) is 0 Å². The second-order valence-corrected chi connectivity index (χ2v) is 7.14. The summed E-state index contributed by atoms with van der Waals surface area (Å²) in [6.07, 6.45) is 2.23. The minimum absolute atomic E-state index is 0.0682. The van der Waals surface area contributed by atoms with Crippen molar-refractivity contribution in [2.45, 2.75) is 27.7 Å². The normalized spacial score (nSPS) is 28.1. The zero-order valence-electron chi connectivity index (χ0n) is 13.6. The standard InChI is InChI=1S/C16H27N3O2/c1-11(2)9-12-14(16(12,3)4)15(21)19-7-5-18(6-8-19)10-13(17)20/h9,12,14H,5-8,10H2,1-4H3,(H2,17,20)/t12-,14-/m1/s1. The first-order valence-corrected chi connectivity index (χ1v) is 7.68. The number of amides is 2. The van der Waals surface area contributed by atoms with E-state index in [4.69, 9.17) is 5.73 Å². The molecule has 5 heteroatoms. The first-order valence-electron chi connectivity index (χ1n) is 7.68. The third-order valence-corrected chi connectivity index (χ3v) is 4.75. The van der Waals surface area contributed by atoms with Crippen LogP contribution in [-0.4, -0.2) is 54.3 Å². The van der Waals surface area contributed by atoms with Gasteiger partial charge in [0.25, 0.3) is 0 Å². The fourth-order valence-electron chi connectivity index (χ4n) is 3.36. The average molecular weight is 293 g/mol. The van der Waals surface area contributed by atoms with Gasteiger partial charge < -0.3 is 10.6 Å². The van der Waals surface area contributed by atoms with Crippen LogP contribution in [0.1, 0.15) is 27.7 Å². The highest BCUT2D eigenvalue weighted by atomic mass is 16.2. The molecule has 0 aromatic heterocycles. The van der Waals surface area contributed by atoms with E-state index in [1.807, 2.05) is 9.80 Å². The predicted octanol–water partition coefficient (Wildman–Crippen LogP) is 0.854. The Hall–Kier alpha value is -1.36. The lowest BCUT2D eigenvalue weighted by Crippen LogP contribution is -2.51. The van der Waals surface area contributed by atoms with Crippen molar-refractivity contribution in [3.8, 4) is 0 Å². The number of allylic oxidation sites excluding steroid dienone is 2. The van der Waals surface area contributed by atoms with Crippen LogP contribution in [0.15, 0.2) is 11.6 Å². The monoisotopic (exact) mass is 293 g/mol. The van der Waals surface area contributed by atoms with E-state index in [2.05, 4.69) is 33.8 Å². The number of hydrogen-bond acceptors (Lipinski definition) is 3. The molecule has 118 valence electrons. The van der Waals surface area contributed by atoms with Gasteiger partial charge in [-0.3, -0.25) is 14.5 Å². The number of rotatable bonds is 4. The largest absolute Gasteiger partial charge is 0.369 e. The van der Waals surface area contributed by atoms with E-state index >= 15 is 0 Å². The van der Waals surface area contributed by atoms with Crippen LogP contribution in [0.5, 0.6) is 0 Å². The van der Waals surface area contributed by atoms with Gasteiger partial charge in [-0.25, -0.2) is 0 Å². The Balaban J connectivity index is 1.91. The maximum Gasteiger partial charge on any atom is 0.231 e. The molecule has 1 aliphatic carbocycles. The Labute approximate surface area is 127 Å². The van der Waals surface area contributed by atoms with Crippen molar-refractivity contribution in [3.05, 3.63) is 11.6 Å². The zero-order chi connectivity index (χ0) is 15.8. The van der Waals surface area contributed by atoms with Gasteiger partial charge >= 0.3 is 0 Å². The number of carbonyl (C=O) groups excluding carboxylic acids is 2. The van der Waals surface area contributed by atoms with E-state index in [-0.39, 0.29) is 29.7 Å². The van der Waals surface area contributed by atoms with Gasteiger partial charge in [0.2, 0.25) is 11.8 Å². The topological polar surface area (TPSA) is 66.6 Å². The van der Waals surface area contributed by atoms with Crippen LogP contribution in [0.3, 0.4) is 0 Å². The molecule has 2 aliphatic rings. The molecule has 1 aliphatic heterocycles. The van der Waals surface area contributed by atoms with Crippen molar-refractivity contribution in [1.29, 1.82) is 0 Å². The van der Waals surface area contributed by atoms with Gasteiger partial charge in [0.15, 0.2) is 0 Å². The molecule has 0 unspecified atom stereocenters. The lowest BCUT2D eigenvalue weighted by Gasteiger charge is -2.34. The molecule has 0 aromatic carbocycles. The summed E-state index contributed by atoms with van der Waals surface area (Å²) in [4.78, 5) is 27.6. The Kier molecular flexibility index (Phi) is 4.42. The second kappa shape index (κ2) is 5.79. The van der Waals surface area contributed by atoms with Crippen molar-refractivity contribution in [2.75, 3.05) is 32.7 Å². The van der Waals surface area contributed by atoms with Gasteiger partial charge in [-0.2, -0.15) is 0 Å². The summed E-state index contributed by atoms with van der Waals surface area (Å²) in [7, 11) is 0. The van der Waals surface area contributed by atoms with Gasteiger partial charge in [-0.05, 0) is 25.2 Å². The maximum absolute atomic E-state index is 12.7. The van der Waals surface area contributed by atoms with Crippen molar-refractivity contribution >= 4 is 11.8 Å². The number of hydrogen-bond donors (Lipinski definition) is 1. The third kappa shape index (κ3) is 3.46. The smallest absolute Gasteiger partial charge is 0.231 e. The molecule has 0 radical (unpaired) electrons. The van der Waals surface area contributed by atoms with Crippen molar-refractivity contribution in [2.24, 2.45) is 23.0 Å². The summed E-state index contributed by atoms with van der Waals surface area (Å²) in [5.74, 6) is 0.427. The molecular weight excluding hydrogens is 266 g/mol. The Morgan fingerprint density at radius 2 is 1.76 bits per heavy atom. The molecule has 5 nitrogen and oxygen atoms in total. The fourth-order valence-corrected chi connectivity index (χ4v) is 3.36. The SMILES string of the molecule is CC(C)=C[C@@H]1[C@H](C(=O)N2CCN(CC(N)=O)CC2)C1(C)C. The molecule has 2 N–H and O–H groups in total. The minimum Gasteiger partial charge on any atom is -0.369 e. The van der Waals surface area contributed by atoms with E-state index < -0.39 is 0 Å². The molecule has 2 amide bonds. The van der Waals surface area contributed by atoms with Crippen LogP contribution in [0.25, 0.3) is 0 Å². The summed E-state index contributed by atoms with van der Waals surface area (Å²) in [6.45, 7) is 11.6. The number of piperazine rings is 1. The van der Waals surface area contributed by atoms with Crippen molar-refractivity contribution in [3.63, 3.8) is 0 Å². The van der Waals surface area contributed by atoms with E-state index in [1.54, 1.807) is 0 Å². The third-order valence-electron chi connectivity index (χ3n) is 4.75. The zero-order valence-corrected chi connectivity index (χ0v) is 13.6. The predicted molar refractivity (Wildman–Crippen MR) is 82.4 cm³/mol. The molecule has 2 atom stereocenters. The van der Waals surface area contributed by atoms with Gasteiger partial charge in [-0.1, -0.05) is 25.5 Å². The molecule has 0 spiro atoms. The van der Waals surface area contributed by atoms with E-state index in [0.29, 0.717) is 19.0 Å². The summed E-state index contributed by atoms with van der Waals surface area (Å²) in [5.41, 5.74) is 6.55. The van der Waals surface area contributed by atoms with Gasteiger partial charge in [0.05, 0.1) is 12.5 Å². The molecular formula is C16H27N3O2. The molecule has 2 rings (SSSR count). The summed E-state index contributed by atoms with van der Waals surface area (Å²) < 4.78 is 0. The first kappa shape index (κ1) is 16.0. The van der Waals surface area contributed by atoms with Crippen LogP contribution < -0.4 is 5.73 Å². The highest BCUT2D eigenvalue weighted by Gasteiger charge is 2.61. The first-order chi connectivity index (χ1) is 9.73. The summed E-state index contributed by atoms with van der Waals surface area (Å²) >= 11 is 0. The number of primary amides is 1. The van der Waals surface area contributed by atoms with Crippen LogP contribution in [0, 0.1) is 17.3 Å². The highest BCUT2D eigenvalue weighted by Crippen LogP contribution is 2.60. The molecule has 0 aromatic rings. The van der Waals surface area contributed by atoms with Crippen molar-refractivity contribution in [1.82, 2.24) is 9.80 Å². The fraction of sp³-hybridized carbons (Fsp3) is 0.750. The summed E-state index contributed by atoms with van der Waals surface area (Å²) in [5, 5.41) is 0. The lowest BCUT2D eigenvalue weighted by atomic mass is 10.1.